The molecule has 0 N–H and O–H groups in total. The lowest BCUT2D eigenvalue weighted by Gasteiger charge is -2.12. The number of halogens is 3. The number of alkyl halides is 3. The topological polar surface area (TPSA) is 66.0 Å². The Morgan fingerprint density at radius 1 is 0.811 bits per heavy atom. The lowest BCUT2D eigenvalue weighted by Crippen LogP contribution is -2.32. The molecule has 37 heavy (non-hydrogen) atoms. The molecular weight excluding hydrogens is 520 g/mol. The van der Waals surface area contributed by atoms with Crippen LogP contribution in [0.2, 0.25) is 0 Å². The van der Waals surface area contributed by atoms with E-state index in [1.54, 1.807) is 0 Å². The van der Waals surface area contributed by atoms with E-state index in [9.17, 15) is 13.2 Å². The maximum atomic E-state index is 10.7. The van der Waals surface area contributed by atoms with Gasteiger partial charge in [0.05, 0.1) is 0 Å². The Balaban J connectivity index is 0.000000349. The van der Waals surface area contributed by atoms with E-state index >= 15 is 0 Å². The predicted octanol–water partition coefficient (Wildman–Crippen LogP) is 6.93. The van der Waals surface area contributed by atoms with Crippen molar-refractivity contribution in [2.45, 2.75) is 31.4 Å². The number of hydrogen-bond donors (Lipinski definition) is 0. The van der Waals surface area contributed by atoms with Crippen LogP contribution in [0.4, 0.5) is 13.2 Å². The molecule has 192 valence electrons. The highest BCUT2D eigenvalue weighted by atomic mass is 32.2. The Bertz CT molecular complexity index is 1540. The van der Waals surface area contributed by atoms with Gasteiger partial charge in [0.15, 0.2) is 10.1 Å². The Kier molecular flexibility index (Phi) is 7.69. The van der Waals surface area contributed by atoms with E-state index < -0.39 is 15.6 Å². The molecule has 0 radical (unpaired) electrons. The summed E-state index contributed by atoms with van der Waals surface area (Å²) in [4.78, 5) is 0. The molecular formula is C27H24F3N2O3PS. The van der Waals surface area contributed by atoms with Crippen LogP contribution in [0.5, 0.6) is 0 Å². The quantitative estimate of drug-likeness (QED) is 0.182. The van der Waals surface area contributed by atoms with Gasteiger partial charge in [-0.25, -0.2) is 17.1 Å². The second kappa shape index (κ2) is 10.6. The smallest absolute Gasteiger partial charge is 0.485 e. The van der Waals surface area contributed by atoms with Gasteiger partial charge in [-0.2, -0.15) is 13.2 Å². The minimum atomic E-state index is -6.09. The van der Waals surface area contributed by atoms with Crippen LogP contribution >= 0.6 is 8.51 Å². The van der Waals surface area contributed by atoms with Crippen LogP contribution in [0.15, 0.2) is 97.3 Å². The molecule has 0 fully saturated rings. The van der Waals surface area contributed by atoms with Gasteiger partial charge in [-0.3, -0.25) is 0 Å². The fourth-order valence-corrected chi connectivity index (χ4v) is 5.28. The standard InChI is InChI=1S/C26H24N2P.CHF3O3S/c1-19(23-15-7-11-21-9-3-5-13-25(21)23)27-17-18-28(29-27)20(2)24-16-8-12-22-10-4-6-14-26(22)24;2-1(3,4)8(5,6)7/h3-20H,1-2H3;(H,5,6,7)/q+1;/p-1/t19-,20-;/m1./s1. The first-order valence-corrected chi connectivity index (χ1v) is 13.6. The SMILES string of the molecule is C[C@H](c1cccc2ccccc12)n1cc[n+]([C@H](C)c2cccc3ccccc23)p1.O=S(=O)([O-])C(F)(F)F. The van der Waals surface area contributed by atoms with E-state index in [4.69, 9.17) is 13.0 Å². The summed E-state index contributed by atoms with van der Waals surface area (Å²) in [6, 6.07) is 31.2. The third-order valence-electron chi connectivity index (χ3n) is 6.20. The maximum Gasteiger partial charge on any atom is 0.485 e. The number of aromatic nitrogens is 2. The number of fused-ring (bicyclic) bond motifs is 2. The largest absolute Gasteiger partial charge is 0.741 e. The van der Waals surface area contributed by atoms with Crippen molar-refractivity contribution in [3.63, 3.8) is 0 Å². The molecule has 2 atom stereocenters. The van der Waals surface area contributed by atoms with Gasteiger partial charge >= 0.3 is 14.0 Å². The van der Waals surface area contributed by atoms with Crippen LogP contribution in [-0.4, -0.2) is 22.8 Å². The molecule has 0 unspecified atom stereocenters. The molecule has 0 bridgehead atoms. The Labute approximate surface area is 214 Å². The van der Waals surface area contributed by atoms with Gasteiger partial charge in [0.1, 0.15) is 24.5 Å². The molecule has 4 aromatic carbocycles. The van der Waals surface area contributed by atoms with Crippen molar-refractivity contribution in [1.82, 2.24) is 4.33 Å². The van der Waals surface area contributed by atoms with Crippen LogP contribution in [0.25, 0.3) is 21.5 Å². The van der Waals surface area contributed by atoms with Crippen LogP contribution in [0.3, 0.4) is 0 Å². The zero-order valence-corrected chi connectivity index (χ0v) is 21.7. The number of benzene rings is 4. The first kappa shape index (κ1) is 26.8. The lowest BCUT2D eigenvalue weighted by atomic mass is 10.00. The average Bonchev–Trinajstić information content (AvgIpc) is 3.37. The van der Waals surface area contributed by atoms with E-state index in [0.29, 0.717) is 12.1 Å². The van der Waals surface area contributed by atoms with Crippen molar-refractivity contribution in [2.75, 3.05) is 0 Å². The van der Waals surface area contributed by atoms with Gasteiger partial charge < -0.3 is 4.55 Å². The minimum Gasteiger partial charge on any atom is -0.741 e. The van der Waals surface area contributed by atoms with Gasteiger partial charge in [0.2, 0.25) is 0 Å². The molecule has 5 nitrogen and oxygen atoms in total. The van der Waals surface area contributed by atoms with Crippen molar-refractivity contribution in [3.05, 3.63) is 108 Å². The highest BCUT2D eigenvalue weighted by molar-refractivity contribution is 7.86. The third-order valence-corrected chi connectivity index (χ3v) is 8.14. The molecule has 1 aromatic heterocycles. The summed E-state index contributed by atoms with van der Waals surface area (Å²) in [5.74, 6) is 0. The van der Waals surface area contributed by atoms with Crippen molar-refractivity contribution in [2.24, 2.45) is 0 Å². The fraction of sp³-hybridized carbons (Fsp3) is 0.185. The zero-order chi connectivity index (χ0) is 26.8. The summed E-state index contributed by atoms with van der Waals surface area (Å²) in [5.41, 5.74) is -2.90. The predicted molar refractivity (Wildman–Crippen MR) is 138 cm³/mol. The molecule has 0 saturated heterocycles. The Hall–Kier alpha value is -3.26. The maximum absolute atomic E-state index is 10.7. The number of nitrogens with zero attached hydrogens (tertiary/aromatic N) is 2. The molecule has 0 aliphatic carbocycles. The third kappa shape index (κ3) is 5.85. The lowest BCUT2D eigenvalue weighted by molar-refractivity contribution is -0.641. The van der Waals surface area contributed by atoms with Gasteiger partial charge in [0.25, 0.3) is 0 Å². The van der Waals surface area contributed by atoms with Crippen LogP contribution < -0.4 is 4.33 Å². The molecule has 0 spiro atoms. The van der Waals surface area contributed by atoms with Crippen molar-refractivity contribution in [1.29, 1.82) is 0 Å². The minimum absolute atomic E-state index is 0.309. The first-order valence-electron chi connectivity index (χ1n) is 11.4. The molecule has 0 aliphatic heterocycles. The van der Waals surface area contributed by atoms with E-state index in [1.165, 1.54) is 41.2 Å². The molecule has 10 heteroatoms. The van der Waals surface area contributed by atoms with Gasteiger partial charge in [-0.15, -0.1) is 0 Å². The summed E-state index contributed by atoms with van der Waals surface area (Å²) >= 11 is 0. The molecule has 0 saturated carbocycles. The van der Waals surface area contributed by atoms with Crippen molar-refractivity contribution in [3.8, 4) is 0 Å². The van der Waals surface area contributed by atoms with Gasteiger partial charge in [0, 0.05) is 11.1 Å². The molecule has 5 rings (SSSR count). The molecule has 0 aliphatic rings. The molecule has 1 heterocycles. The van der Waals surface area contributed by atoms with Crippen molar-refractivity contribution >= 4 is 40.2 Å². The number of hydrogen-bond acceptors (Lipinski definition) is 3. The van der Waals surface area contributed by atoms with Crippen LogP contribution in [0, 0.1) is 0 Å². The van der Waals surface area contributed by atoms with Gasteiger partial charge in [-0.1, -0.05) is 84.9 Å². The second-order valence-corrected chi connectivity index (χ2v) is 11.0. The summed E-state index contributed by atoms with van der Waals surface area (Å²) in [6.45, 7) is 4.59. The van der Waals surface area contributed by atoms with E-state index in [2.05, 4.69) is 120 Å². The van der Waals surface area contributed by atoms with Crippen LogP contribution in [-0.2, 0) is 10.1 Å². The summed E-state index contributed by atoms with van der Waals surface area (Å²) in [6.07, 6.45) is 4.46. The number of rotatable bonds is 4. The average molecular weight is 545 g/mol. The zero-order valence-electron chi connectivity index (χ0n) is 20.0. The fourth-order valence-electron chi connectivity index (χ4n) is 4.24. The highest BCUT2D eigenvalue weighted by Gasteiger charge is 2.36. The molecule has 0 amide bonds. The first-order chi connectivity index (χ1) is 17.5. The summed E-state index contributed by atoms with van der Waals surface area (Å²) in [7, 11) is -4.90. The van der Waals surface area contributed by atoms with E-state index in [0.717, 1.165) is 0 Å². The van der Waals surface area contributed by atoms with Crippen LogP contribution in [0.1, 0.15) is 37.1 Å². The Morgan fingerprint density at radius 3 is 1.81 bits per heavy atom. The summed E-state index contributed by atoms with van der Waals surface area (Å²) < 4.78 is 63.7. The van der Waals surface area contributed by atoms with E-state index in [1.807, 2.05) is 0 Å². The normalized spacial score (nSPS) is 13.9. The second-order valence-electron chi connectivity index (χ2n) is 8.54. The van der Waals surface area contributed by atoms with Gasteiger partial charge in [-0.05, 0) is 35.4 Å². The van der Waals surface area contributed by atoms with Crippen molar-refractivity contribution < 1.29 is 30.5 Å². The summed E-state index contributed by atoms with van der Waals surface area (Å²) in [5, 5.41) is 5.29. The van der Waals surface area contributed by atoms with E-state index in [-0.39, 0.29) is 0 Å². The molecule has 5 aromatic rings. The monoisotopic (exact) mass is 544 g/mol. The Morgan fingerprint density at radius 2 is 1.27 bits per heavy atom. The highest BCUT2D eigenvalue weighted by Crippen LogP contribution is 2.30.